The van der Waals surface area contributed by atoms with Gasteiger partial charge in [-0.05, 0) is 37.8 Å². The first-order valence-electron chi connectivity index (χ1n) is 10.7. The smallest absolute Gasteiger partial charge is 0.218 e. The van der Waals surface area contributed by atoms with Gasteiger partial charge in [-0.3, -0.25) is 4.68 Å². The summed E-state index contributed by atoms with van der Waals surface area (Å²) in [6, 6.07) is 2.34. The minimum atomic E-state index is 0.122. The average Bonchev–Trinajstić information content (AvgIpc) is 3.45. The van der Waals surface area contributed by atoms with Crippen molar-refractivity contribution < 1.29 is 5.11 Å². The Morgan fingerprint density at radius 3 is 2.55 bits per heavy atom. The molecule has 4 aromatic heterocycles. The number of hydrogen-bond donors (Lipinski definition) is 2. The Bertz CT molecular complexity index is 1180. The summed E-state index contributed by atoms with van der Waals surface area (Å²) >= 11 is 0. The number of hydrogen-bond acceptors (Lipinski definition) is 6. The molecule has 0 aliphatic carbocycles. The topological polar surface area (TPSA) is 98.1 Å². The lowest BCUT2D eigenvalue weighted by Gasteiger charge is -2.13. The molecule has 4 rings (SSSR count). The zero-order valence-corrected chi connectivity index (χ0v) is 18.7. The third-order valence-corrected chi connectivity index (χ3v) is 5.31. The van der Waals surface area contributed by atoms with Crippen LogP contribution in [0.4, 0.5) is 5.82 Å². The Hall–Kier alpha value is -3.20. The lowest BCUT2D eigenvalue weighted by molar-refractivity contribution is 0.292. The molecule has 0 atom stereocenters. The van der Waals surface area contributed by atoms with Gasteiger partial charge in [0, 0.05) is 56.6 Å². The highest BCUT2D eigenvalue weighted by atomic mass is 16.3. The first-order valence-corrected chi connectivity index (χ1v) is 10.7. The van der Waals surface area contributed by atoms with E-state index in [1.54, 1.807) is 6.20 Å². The van der Waals surface area contributed by atoms with E-state index in [4.69, 9.17) is 15.2 Å². The number of aliphatic hydroxyl groups excluding tert-OH is 1. The number of aliphatic hydroxyl groups is 1. The number of fused-ring (bicyclic) bond motifs is 1. The number of nitrogens with one attached hydrogen (secondary N) is 1. The maximum atomic E-state index is 9.24. The SMILES string of the molecule is CC(C)c1c(-c2ccn(C(C)C)n2)cn2nc(-c3nccn3C)nc(NCCCO)c12. The van der Waals surface area contributed by atoms with Crippen LogP contribution in [0, 0.1) is 0 Å². The molecule has 4 aromatic rings. The molecule has 0 radical (unpaired) electrons. The number of aryl methyl sites for hydroxylation is 1. The van der Waals surface area contributed by atoms with Gasteiger partial charge in [-0.15, -0.1) is 5.10 Å². The highest BCUT2D eigenvalue weighted by molar-refractivity contribution is 5.83. The summed E-state index contributed by atoms with van der Waals surface area (Å²) < 4.78 is 5.75. The highest BCUT2D eigenvalue weighted by Crippen LogP contribution is 2.36. The maximum absolute atomic E-state index is 9.24. The Morgan fingerprint density at radius 2 is 1.94 bits per heavy atom. The van der Waals surface area contributed by atoms with Gasteiger partial charge in [0.25, 0.3) is 0 Å². The van der Waals surface area contributed by atoms with E-state index < -0.39 is 0 Å². The largest absolute Gasteiger partial charge is 0.396 e. The van der Waals surface area contributed by atoms with Crippen molar-refractivity contribution >= 4 is 11.3 Å². The van der Waals surface area contributed by atoms with Crippen molar-refractivity contribution in [1.29, 1.82) is 0 Å². The van der Waals surface area contributed by atoms with Crippen molar-refractivity contribution in [1.82, 2.24) is 33.9 Å². The molecule has 0 saturated heterocycles. The van der Waals surface area contributed by atoms with E-state index in [0.29, 0.717) is 30.7 Å². The third kappa shape index (κ3) is 3.93. The van der Waals surface area contributed by atoms with Gasteiger partial charge < -0.3 is 15.0 Å². The predicted molar refractivity (Wildman–Crippen MR) is 121 cm³/mol. The quantitative estimate of drug-likeness (QED) is 0.422. The minimum Gasteiger partial charge on any atom is -0.396 e. The van der Waals surface area contributed by atoms with Crippen LogP contribution in [0.5, 0.6) is 0 Å². The van der Waals surface area contributed by atoms with Crippen LogP contribution in [0.25, 0.3) is 28.4 Å². The van der Waals surface area contributed by atoms with Gasteiger partial charge in [0.2, 0.25) is 5.82 Å². The van der Waals surface area contributed by atoms with E-state index in [0.717, 1.165) is 28.2 Å². The number of aromatic nitrogens is 7. The molecule has 164 valence electrons. The molecule has 31 heavy (non-hydrogen) atoms. The van der Waals surface area contributed by atoms with Crippen molar-refractivity contribution in [3.05, 3.63) is 36.4 Å². The van der Waals surface area contributed by atoms with Crippen molar-refractivity contribution in [3.8, 4) is 22.9 Å². The zero-order chi connectivity index (χ0) is 22.1. The van der Waals surface area contributed by atoms with Gasteiger partial charge in [0.05, 0.1) is 5.69 Å². The second kappa shape index (κ2) is 8.50. The third-order valence-electron chi connectivity index (χ3n) is 5.31. The van der Waals surface area contributed by atoms with E-state index in [-0.39, 0.29) is 12.5 Å². The molecular formula is C22H30N8O. The van der Waals surface area contributed by atoms with Crippen molar-refractivity contribution in [2.75, 3.05) is 18.5 Å². The molecule has 0 saturated carbocycles. The molecule has 0 aromatic carbocycles. The number of rotatable bonds is 8. The molecule has 0 unspecified atom stereocenters. The molecule has 0 aliphatic rings. The second-order valence-electron chi connectivity index (χ2n) is 8.33. The Labute approximate surface area is 181 Å². The average molecular weight is 423 g/mol. The minimum absolute atomic E-state index is 0.122. The number of imidazole rings is 1. The Balaban J connectivity index is 1.94. The molecule has 0 amide bonds. The fraction of sp³-hybridized carbons (Fsp3) is 0.455. The monoisotopic (exact) mass is 422 g/mol. The van der Waals surface area contributed by atoms with Gasteiger partial charge >= 0.3 is 0 Å². The number of anilines is 1. The van der Waals surface area contributed by atoms with E-state index in [9.17, 15) is 5.11 Å². The summed E-state index contributed by atoms with van der Waals surface area (Å²) in [7, 11) is 1.92. The fourth-order valence-electron chi connectivity index (χ4n) is 3.75. The maximum Gasteiger partial charge on any atom is 0.218 e. The van der Waals surface area contributed by atoms with Crippen LogP contribution >= 0.6 is 0 Å². The van der Waals surface area contributed by atoms with Crippen LogP contribution in [0.3, 0.4) is 0 Å². The lowest BCUT2D eigenvalue weighted by Crippen LogP contribution is -2.11. The summed E-state index contributed by atoms with van der Waals surface area (Å²) in [6.45, 7) is 9.30. The van der Waals surface area contributed by atoms with Crippen molar-refractivity contribution in [3.63, 3.8) is 0 Å². The van der Waals surface area contributed by atoms with Crippen LogP contribution in [0.1, 0.15) is 51.6 Å². The molecule has 0 aliphatic heterocycles. The molecule has 9 heteroatoms. The van der Waals surface area contributed by atoms with Crippen LogP contribution < -0.4 is 5.32 Å². The second-order valence-corrected chi connectivity index (χ2v) is 8.33. The zero-order valence-electron chi connectivity index (χ0n) is 18.7. The molecule has 2 N–H and O–H groups in total. The van der Waals surface area contributed by atoms with E-state index >= 15 is 0 Å². The predicted octanol–water partition coefficient (Wildman–Crippen LogP) is 3.49. The van der Waals surface area contributed by atoms with Gasteiger partial charge in [-0.1, -0.05) is 13.8 Å². The van der Waals surface area contributed by atoms with Crippen molar-refractivity contribution in [2.24, 2.45) is 7.05 Å². The molecule has 0 fully saturated rings. The first kappa shape index (κ1) is 21.0. The molecular weight excluding hydrogens is 392 g/mol. The van der Waals surface area contributed by atoms with Gasteiger partial charge in [-0.25, -0.2) is 14.5 Å². The normalized spacial score (nSPS) is 11.9. The van der Waals surface area contributed by atoms with Gasteiger partial charge in [-0.2, -0.15) is 5.10 Å². The summed E-state index contributed by atoms with van der Waals surface area (Å²) in [5.41, 5.74) is 4.04. The number of nitrogens with zero attached hydrogens (tertiary/aromatic N) is 7. The Kier molecular flexibility index (Phi) is 5.77. The van der Waals surface area contributed by atoms with Crippen LogP contribution in [-0.2, 0) is 7.05 Å². The summed E-state index contributed by atoms with van der Waals surface area (Å²) in [5.74, 6) is 2.21. The van der Waals surface area contributed by atoms with E-state index in [1.165, 1.54) is 0 Å². The van der Waals surface area contributed by atoms with Gasteiger partial charge in [0.15, 0.2) is 11.6 Å². The lowest BCUT2D eigenvalue weighted by atomic mass is 9.98. The molecule has 4 heterocycles. The van der Waals surface area contributed by atoms with Crippen LogP contribution in [0.15, 0.2) is 30.9 Å². The highest BCUT2D eigenvalue weighted by Gasteiger charge is 2.23. The van der Waals surface area contributed by atoms with Crippen molar-refractivity contribution in [2.45, 2.75) is 46.1 Å². The molecule has 0 spiro atoms. The van der Waals surface area contributed by atoms with E-state index in [2.05, 4.69) is 38.0 Å². The van der Waals surface area contributed by atoms with Crippen LogP contribution in [0.2, 0.25) is 0 Å². The Morgan fingerprint density at radius 1 is 1.13 bits per heavy atom. The molecule has 9 nitrogen and oxygen atoms in total. The molecule has 0 bridgehead atoms. The summed E-state index contributed by atoms with van der Waals surface area (Å²) in [6.07, 6.45) is 8.29. The van der Waals surface area contributed by atoms with E-state index in [1.807, 2.05) is 45.5 Å². The standard InChI is InChI=1S/C22H30N8O/c1-14(2)18-16(17-7-10-29(26-17)15(3)4)13-30-19(18)20(23-8-6-12-31)25-21(27-30)22-24-9-11-28(22)5/h7,9-11,13-15,31H,6,8,12H2,1-5H3,(H,23,25,27). The van der Waals surface area contributed by atoms with Crippen LogP contribution in [-0.4, -0.2) is 52.2 Å². The first-order chi connectivity index (χ1) is 14.9. The summed E-state index contributed by atoms with van der Waals surface area (Å²) in [4.78, 5) is 9.24. The fourth-order valence-corrected chi connectivity index (χ4v) is 3.75. The summed E-state index contributed by atoms with van der Waals surface area (Å²) in [5, 5.41) is 22.2. The van der Waals surface area contributed by atoms with Gasteiger partial charge in [0.1, 0.15) is 5.52 Å².